The molecule has 0 bridgehead atoms. The lowest BCUT2D eigenvalue weighted by Gasteiger charge is -2.21. The second-order valence-corrected chi connectivity index (χ2v) is 7.76. The zero-order valence-corrected chi connectivity index (χ0v) is 17.2. The van der Waals surface area contributed by atoms with Crippen molar-refractivity contribution in [2.75, 3.05) is 19.4 Å². The molecule has 0 saturated heterocycles. The molecule has 146 valence electrons. The Morgan fingerprint density at radius 2 is 2.07 bits per heavy atom. The molecular formula is C16H18ClF2N5OS2. The molecular weight excluding hydrogens is 416 g/mol. The van der Waals surface area contributed by atoms with Gasteiger partial charge in [-0.2, -0.15) is 0 Å². The maximum absolute atomic E-state index is 13.8. The SMILES string of the molecule is CC(Nc1nc(SCc2cccc(F)c2F)nc2[nH]c(=O)sc12)N(C)C.Cl. The van der Waals surface area contributed by atoms with Gasteiger partial charge in [-0.25, -0.2) is 18.7 Å². The predicted molar refractivity (Wildman–Crippen MR) is 108 cm³/mol. The normalized spacial score (nSPS) is 12.2. The van der Waals surface area contributed by atoms with Crippen LogP contribution in [0.3, 0.4) is 0 Å². The maximum Gasteiger partial charge on any atom is 0.306 e. The van der Waals surface area contributed by atoms with Crippen LogP contribution in [0.15, 0.2) is 28.2 Å². The maximum atomic E-state index is 13.8. The van der Waals surface area contributed by atoms with Gasteiger partial charge in [0.25, 0.3) is 0 Å². The fraction of sp³-hybridized carbons (Fsp3) is 0.312. The van der Waals surface area contributed by atoms with Crippen LogP contribution in [-0.2, 0) is 5.75 Å². The predicted octanol–water partition coefficient (Wildman–Crippen LogP) is 3.69. The Morgan fingerprint density at radius 1 is 1.33 bits per heavy atom. The fourth-order valence-corrected chi connectivity index (χ4v) is 3.66. The van der Waals surface area contributed by atoms with Crippen molar-refractivity contribution in [3.05, 3.63) is 45.1 Å². The van der Waals surface area contributed by atoms with Crippen molar-refractivity contribution in [2.45, 2.75) is 24.0 Å². The molecule has 0 radical (unpaired) electrons. The highest BCUT2D eigenvalue weighted by Crippen LogP contribution is 2.28. The largest absolute Gasteiger partial charge is 0.353 e. The summed E-state index contributed by atoms with van der Waals surface area (Å²) < 4.78 is 27.8. The molecule has 0 aliphatic rings. The average Bonchev–Trinajstić information content (AvgIpc) is 2.96. The molecule has 2 aromatic heterocycles. The van der Waals surface area contributed by atoms with E-state index in [1.807, 2.05) is 25.9 Å². The van der Waals surface area contributed by atoms with Crippen LogP contribution in [0.1, 0.15) is 12.5 Å². The van der Waals surface area contributed by atoms with Crippen LogP contribution >= 0.6 is 35.5 Å². The highest BCUT2D eigenvalue weighted by atomic mass is 35.5. The van der Waals surface area contributed by atoms with Crippen LogP contribution in [0.4, 0.5) is 14.6 Å². The third kappa shape index (κ3) is 4.95. The summed E-state index contributed by atoms with van der Waals surface area (Å²) in [5.41, 5.74) is 0.652. The van der Waals surface area contributed by atoms with Crippen molar-refractivity contribution >= 4 is 51.7 Å². The van der Waals surface area contributed by atoms with Crippen LogP contribution in [0, 0.1) is 11.6 Å². The van der Waals surface area contributed by atoms with Crippen LogP contribution in [-0.4, -0.2) is 40.1 Å². The average molecular weight is 434 g/mol. The van der Waals surface area contributed by atoms with Gasteiger partial charge in [-0.3, -0.25) is 14.7 Å². The first kappa shape index (κ1) is 21.5. The van der Waals surface area contributed by atoms with Crippen LogP contribution in [0.2, 0.25) is 0 Å². The Hall–Kier alpha value is -1.75. The number of aromatic nitrogens is 3. The molecule has 0 amide bonds. The Labute approximate surface area is 168 Å². The van der Waals surface area contributed by atoms with Gasteiger partial charge < -0.3 is 5.32 Å². The number of thiazole rings is 1. The van der Waals surface area contributed by atoms with Crippen LogP contribution in [0.5, 0.6) is 0 Å². The number of nitrogens with zero attached hydrogens (tertiary/aromatic N) is 3. The highest BCUT2D eigenvalue weighted by Gasteiger charge is 2.16. The topological polar surface area (TPSA) is 73.9 Å². The zero-order valence-electron chi connectivity index (χ0n) is 14.7. The molecule has 0 fully saturated rings. The Kier molecular flexibility index (Phi) is 7.15. The van der Waals surface area contributed by atoms with Crippen molar-refractivity contribution in [1.29, 1.82) is 0 Å². The van der Waals surface area contributed by atoms with Gasteiger partial charge in [0.2, 0.25) is 0 Å². The molecule has 0 aliphatic carbocycles. The molecule has 27 heavy (non-hydrogen) atoms. The monoisotopic (exact) mass is 433 g/mol. The molecule has 0 spiro atoms. The smallest absolute Gasteiger partial charge is 0.306 e. The zero-order chi connectivity index (χ0) is 18.8. The number of hydrogen-bond acceptors (Lipinski definition) is 7. The van der Waals surface area contributed by atoms with E-state index in [1.54, 1.807) is 0 Å². The van der Waals surface area contributed by atoms with E-state index in [2.05, 4.69) is 20.3 Å². The van der Waals surface area contributed by atoms with Crippen molar-refractivity contribution in [3.8, 4) is 0 Å². The summed E-state index contributed by atoms with van der Waals surface area (Å²) in [6.45, 7) is 1.96. The molecule has 3 aromatic rings. The lowest BCUT2D eigenvalue weighted by atomic mass is 10.2. The summed E-state index contributed by atoms with van der Waals surface area (Å²) in [6.07, 6.45) is -0.0242. The summed E-state index contributed by atoms with van der Waals surface area (Å²) in [6, 6.07) is 4.05. The van der Waals surface area contributed by atoms with E-state index in [-0.39, 0.29) is 34.8 Å². The number of halogens is 3. The lowest BCUT2D eigenvalue weighted by molar-refractivity contribution is 0.343. The molecule has 0 aliphatic heterocycles. The summed E-state index contributed by atoms with van der Waals surface area (Å²) in [4.78, 5) is 24.9. The van der Waals surface area contributed by atoms with Gasteiger partial charge in [-0.05, 0) is 27.1 Å². The number of nitrogens with one attached hydrogen (secondary N) is 2. The first-order valence-electron chi connectivity index (χ1n) is 7.74. The van der Waals surface area contributed by atoms with Gasteiger partial charge in [-0.1, -0.05) is 35.2 Å². The van der Waals surface area contributed by atoms with Crippen molar-refractivity contribution < 1.29 is 8.78 Å². The quantitative estimate of drug-likeness (QED) is 0.351. The van der Waals surface area contributed by atoms with Gasteiger partial charge in [0, 0.05) is 11.3 Å². The molecule has 6 nitrogen and oxygen atoms in total. The van der Waals surface area contributed by atoms with Crippen molar-refractivity contribution in [3.63, 3.8) is 0 Å². The van der Waals surface area contributed by atoms with E-state index >= 15 is 0 Å². The second kappa shape index (κ2) is 8.96. The molecule has 1 aromatic carbocycles. The second-order valence-electron chi connectivity index (χ2n) is 5.83. The van der Waals surface area contributed by atoms with E-state index < -0.39 is 11.6 Å². The van der Waals surface area contributed by atoms with Gasteiger partial charge in [0.05, 0.1) is 6.17 Å². The van der Waals surface area contributed by atoms with Gasteiger partial charge in [-0.15, -0.1) is 12.4 Å². The summed E-state index contributed by atoms with van der Waals surface area (Å²) in [5, 5.41) is 3.60. The van der Waals surface area contributed by atoms with E-state index in [0.29, 0.717) is 21.3 Å². The Morgan fingerprint density at radius 3 is 2.78 bits per heavy atom. The lowest BCUT2D eigenvalue weighted by Crippen LogP contribution is -2.32. The molecule has 1 unspecified atom stereocenters. The Balaban J connectivity index is 0.00000261. The minimum absolute atomic E-state index is 0. The third-order valence-electron chi connectivity index (χ3n) is 3.77. The standard InChI is InChI=1S/C16H17F2N5OS2.ClH/c1-8(23(2)3)19-13-12-14(22-16(24)26-12)21-15(20-13)25-7-9-5-4-6-10(17)11(9)18;/h4-6,8H,7H2,1-3H3,(H2,19,20,21,22,24);1H. The number of benzene rings is 1. The number of H-pyrrole nitrogens is 1. The number of fused-ring (bicyclic) bond motifs is 1. The third-order valence-corrected chi connectivity index (χ3v) is 5.54. The number of rotatable bonds is 6. The minimum Gasteiger partial charge on any atom is -0.353 e. The first-order chi connectivity index (χ1) is 12.3. The molecule has 2 N–H and O–H groups in total. The highest BCUT2D eigenvalue weighted by molar-refractivity contribution is 7.98. The molecule has 2 heterocycles. The number of hydrogen-bond donors (Lipinski definition) is 2. The van der Waals surface area contributed by atoms with Crippen molar-refractivity contribution in [2.24, 2.45) is 0 Å². The molecule has 3 rings (SSSR count). The Bertz CT molecular complexity index is 995. The fourth-order valence-electron chi connectivity index (χ4n) is 2.12. The first-order valence-corrected chi connectivity index (χ1v) is 9.55. The molecule has 0 saturated carbocycles. The number of aromatic amines is 1. The van der Waals surface area contributed by atoms with E-state index in [4.69, 9.17) is 0 Å². The van der Waals surface area contributed by atoms with E-state index in [0.717, 1.165) is 17.4 Å². The van der Waals surface area contributed by atoms with Gasteiger partial charge >= 0.3 is 4.87 Å². The van der Waals surface area contributed by atoms with Crippen LogP contribution in [0.25, 0.3) is 10.3 Å². The number of anilines is 1. The number of thioether (sulfide) groups is 1. The van der Waals surface area contributed by atoms with Crippen LogP contribution < -0.4 is 10.2 Å². The summed E-state index contributed by atoms with van der Waals surface area (Å²) in [5.74, 6) is -1.05. The van der Waals surface area contributed by atoms with E-state index in [9.17, 15) is 13.6 Å². The summed E-state index contributed by atoms with van der Waals surface area (Å²) >= 11 is 2.19. The van der Waals surface area contributed by atoms with Gasteiger partial charge in [0.1, 0.15) is 4.70 Å². The van der Waals surface area contributed by atoms with Crippen molar-refractivity contribution in [1.82, 2.24) is 19.9 Å². The summed E-state index contributed by atoms with van der Waals surface area (Å²) in [7, 11) is 3.83. The molecule has 1 atom stereocenters. The van der Waals surface area contributed by atoms with E-state index in [1.165, 1.54) is 23.9 Å². The minimum atomic E-state index is -0.885. The van der Waals surface area contributed by atoms with Gasteiger partial charge in [0.15, 0.2) is 28.3 Å². The molecule has 11 heteroatoms.